The number of hydrogen-bond acceptors (Lipinski definition) is 7. The lowest BCUT2D eigenvalue weighted by molar-refractivity contribution is 0.0692. The summed E-state index contributed by atoms with van der Waals surface area (Å²) in [6, 6.07) is 10.6. The molecule has 29 heavy (non-hydrogen) atoms. The number of aromatic nitrogens is 4. The molecule has 0 bridgehead atoms. The molecule has 0 fully saturated rings. The topological polar surface area (TPSA) is 137 Å². The maximum absolute atomic E-state index is 11.3. The summed E-state index contributed by atoms with van der Waals surface area (Å²) in [6.45, 7) is 4.24. The molecule has 9 nitrogen and oxygen atoms in total. The largest absolute Gasteiger partial charge is 0.507 e. The third-order valence-electron chi connectivity index (χ3n) is 4.56. The van der Waals surface area contributed by atoms with Crippen molar-refractivity contribution in [3.8, 4) is 17.2 Å². The van der Waals surface area contributed by atoms with Crippen LogP contribution in [0.4, 0.5) is 5.69 Å². The number of para-hydroxylation sites is 1. The fourth-order valence-corrected chi connectivity index (χ4v) is 2.97. The van der Waals surface area contributed by atoms with E-state index in [9.17, 15) is 15.0 Å². The van der Waals surface area contributed by atoms with E-state index in [-0.39, 0.29) is 23.3 Å². The van der Waals surface area contributed by atoms with E-state index in [1.165, 1.54) is 0 Å². The van der Waals surface area contributed by atoms with Gasteiger partial charge in [0.15, 0.2) is 11.5 Å². The maximum atomic E-state index is 11.3. The highest BCUT2D eigenvalue weighted by Crippen LogP contribution is 2.32. The summed E-state index contributed by atoms with van der Waals surface area (Å²) < 4.78 is 5.28. The molecule has 2 aromatic heterocycles. The van der Waals surface area contributed by atoms with E-state index in [0.717, 1.165) is 0 Å². The molecule has 0 aliphatic rings. The molecule has 0 radical (unpaired) electrons. The van der Waals surface area contributed by atoms with Crippen molar-refractivity contribution in [1.82, 2.24) is 20.3 Å². The van der Waals surface area contributed by atoms with Gasteiger partial charge in [0.1, 0.15) is 5.75 Å². The van der Waals surface area contributed by atoms with Crippen molar-refractivity contribution in [2.45, 2.75) is 26.3 Å². The van der Waals surface area contributed by atoms with Crippen molar-refractivity contribution in [2.24, 2.45) is 0 Å². The molecular weight excluding hydrogens is 374 g/mol. The van der Waals surface area contributed by atoms with Crippen LogP contribution in [0, 0.1) is 0 Å². The Hall–Kier alpha value is -3.88. The summed E-state index contributed by atoms with van der Waals surface area (Å²) in [4.78, 5) is 15.6. The molecule has 0 spiro atoms. The number of carbonyl (C=O) groups is 1. The molecule has 0 atom stereocenters. The Morgan fingerprint density at radius 2 is 2.10 bits per heavy atom. The van der Waals surface area contributed by atoms with Crippen molar-refractivity contribution in [1.29, 1.82) is 0 Å². The van der Waals surface area contributed by atoms with E-state index in [4.69, 9.17) is 4.52 Å². The zero-order chi connectivity index (χ0) is 20.5. The lowest BCUT2D eigenvalue weighted by atomic mass is 10.1. The number of rotatable bonds is 6. The number of nitrogens with zero attached hydrogens (tertiary/aromatic N) is 3. The first-order valence-electron chi connectivity index (χ1n) is 9.04. The van der Waals surface area contributed by atoms with Crippen molar-refractivity contribution >= 4 is 22.6 Å². The summed E-state index contributed by atoms with van der Waals surface area (Å²) in [5.74, 6) is -0.0915. The van der Waals surface area contributed by atoms with Crippen LogP contribution < -0.4 is 5.32 Å². The molecule has 9 heteroatoms. The van der Waals surface area contributed by atoms with Gasteiger partial charge in [-0.3, -0.25) is 5.10 Å². The van der Waals surface area contributed by atoms with E-state index in [1.54, 1.807) is 36.4 Å². The van der Waals surface area contributed by atoms with Gasteiger partial charge in [0.2, 0.25) is 0 Å². The van der Waals surface area contributed by atoms with Gasteiger partial charge in [-0.2, -0.15) is 10.1 Å². The van der Waals surface area contributed by atoms with Crippen LogP contribution in [0.3, 0.4) is 0 Å². The van der Waals surface area contributed by atoms with Gasteiger partial charge >= 0.3 is 5.97 Å². The predicted molar refractivity (Wildman–Crippen MR) is 106 cm³/mol. The smallest absolute Gasteiger partial charge is 0.357 e. The number of nitrogens with one attached hydrogen (secondary N) is 2. The van der Waals surface area contributed by atoms with Gasteiger partial charge in [-0.05, 0) is 24.3 Å². The number of carboxylic acids is 1. The van der Waals surface area contributed by atoms with Crippen molar-refractivity contribution in [3.63, 3.8) is 0 Å². The summed E-state index contributed by atoms with van der Waals surface area (Å²) >= 11 is 0. The van der Waals surface area contributed by atoms with Crippen LogP contribution >= 0.6 is 0 Å². The van der Waals surface area contributed by atoms with E-state index >= 15 is 0 Å². The number of fused-ring (bicyclic) bond motifs is 1. The molecule has 0 saturated carbocycles. The molecule has 2 heterocycles. The molecule has 4 N–H and O–H groups in total. The SMILES string of the molecule is CC(C)c1noc(-c2cccc(CNc3ccc4[nH]nc(C(=O)O)c4c3)c2O)n1. The number of aromatic hydroxyl groups is 1. The number of phenols is 1. The molecule has 2 aromatic carbocycles. The Labute approximate surface area is 165 Å². The van der Waals surface area contributed by atoms with Crippen LogP contribution in [0.25, 0.3) is 22.4 Å². The van der Waals surface area contributed by atoms with Crippen LogP contribution in [0.1, 0.15) is 41.6 Å². The van der Waals surface area contributed by atoms with Crippen molar-refractivity contribution in [3.05, 3.63) is 53.5 Å². The number of phenolic OH excluding ortho intramolecular Hbond substituents is 1. The van der Waals surface area contributed by atoms with Crippen molar-refractivity contribution in [2.75, 3.05) is 5.32 Å². The summed E-state index contributed by atoms with van der Waals surface area (Å²) in [7, 11) is 0. The number of H-pyrrole nitrogens is 1. The number of carboxylic acid groups (broad SMARTS) is 1. The normalized spacial score (nSPS) is 11.3. The summed E-state index contributed by atoms with van der Waals surface area (Å²) in [6.07, 6.45) is 0. The maximum Gasteiger partial charge on any atom is 0.357 e. The minimum atomic E-state index is -1.10. The zero-order valence-corrected chi connectivity index (χ0v) is 15.8. The Balaban J connectivity index is 1.58. The standard InChI is InChI=1S/C20H19N5O4/c1-10(2)18-22-19(29-25-18)13-5-3-4-11(17(13)26)9-21-12-6-7-15-14(8-12)16(20(27)28)24-23-15/h3-8,10,21,26H,9H2,1-2H3,(H,23,24)(H,27,28). The number of benzene rings is 2. The highest BCUT2D eigenvalue weighted by atomic mass is 16.5. The van der Waals surface area contributed by atoms with E-state index in [0.29, 0.717) is 40.1 Å². The Bertz CT molecular complexity index is 1190. The summed E-state index contributed by atoms with van der Waals surface area (Å²) in [5.41, 5.74) is 2.40. The van der Waals surface area contributed by atoms with E-state index in [1.807, 2.05) is 13.8 Å². The van der Waals surface area contributed by atoms with Crippen LogP contribution in [0.2, 0.25) is 0 Å². The molecule has 0 unspecified atom stereocenters. The molecule has 4 rings (SSSR count). The number of aromatic carboxylic acids is 1. The van der Waals surface area contributed by atoms with Crippen LogP contribution in [0.15, 0.2) is 40.9 Å². The fourth-order valence-electron chi connectivity index (χ4n) is 2.97. The number of aromatic amines is 1. The van der Waals surface area contributed by atoms with Gasteiger partial charge in [0.25, 0.3) is 5.89 Å². The average Bonchev–Trinajstić information content (AvgIpc) is 3.34. The van der Waals surface area contributed by atoms with Gasteiger partial charge in [0.05, 0.1) is 11.1 Å². The highest BCUT2D eigenvalue weighted by molar-refractivity contribution is 6.01. The predicted octanol–water partition coefficient (Wildman–Crippen LogP) is 3.75. The van der Waals surface area contributed by atoms with Crippen LogP contribution in [0.5, 0.6) is 5.75 Å². The molecule has 0 aliphatic heterocycles. The second kappa shape index (κ2) is 7.27. The molecule has 0 saturated heterocycles. The molecule has 148 valence electrons. The minimum Gasteiger partial charge on any atom is -0.507 e. The average molecular weight is 393 g/mol. The number of anilines is 1. The first-order chi connectivity index (χ1) is 13.9. The second-order valence-corrected chi connectivity index (χ2v) is 6.92. The molecule has 4 aromatic rings. The van der Waals surface area contributed by atoms with Crippen LogP contribution in [-0.4, -0.2) is 36.5 Å². The lowest BCUT2D eigenvalue weighted by Gasteiger charge is -2.10. The molecule has 0 amide bonds. The Morgan fingerprint density at radius 1 is 1.28 bits per heavy atom. The third-order valence-corrected chi connectivity index (χ3v) is 4.56. The van der Waals surface area contributed by atoms with E-state index in [2.05, 4.69) is 25.7 Å². The lowest BCUT2D eigenvalue weighted by Crippen LogP contribution is -2.01. The Kier molecular flexibility index (Phi) is 4.63. The zero-order valence-electron chi connectivity index (χ0n) is 15.8. The van der Waals surface area contributed by atoms with Crippen molar-refractivity contribution < 1.29 is 19.5 Å². The molecule has 0 aliphatic carbocycles. The summed E-state index contributed by atoms with van der Waals surface area (Å²) in [5, 5.41) is 34.0. The highest BCUT2D eigenvalue weighted by Gasteiger charge is 2.17. The fraction of sp³-hybridized carbons (Fsp3) is 0.200. The number of hydrogen-bond donors (Lipinski definition) is 4. The van der Waals surface area contributed by atoms with Gasteiger partial charge in [-0.15, -0.1) is 0 Å². The van der Waals surface area contributed by atoms with E-state index < -0.39 is 5.97 Å². The van der Waals surface area contributed by atoms with Crippen LogP contribution in [-0.2, 0) is 6.54 Å². The van der Waals surface area contributed by atoms with Gasteiger partial charge in [-0.25, -0.2) is 4.79 Å². The van der Waals surface area contributed by atoms with Gasteiger partial charge < -0.3 is 20.1 Å². The van der Waals surface area contributed by atoms with Gasteiger partial charge in [0, 0.05) is 29.1 Å². The monoisotopic (exact) mass is 393 g/mol. The molecular formula is C20H19N5O4. The Morgan fingerprint density at radius 3 is 2.83 bits per heavy atom. The third kappa shape index (κ3) is 3.49. The van der Waals surface area contributed by atoms with Gasteiger partial charge in [-0.1, -0.05) is 31.1 Å². The second-order valence-electron chi connectivity index (χ2n) is 6.92. The first kappa shape index (κ1) is 18.5. The minimum absolute atomic E-state index is 0.0363. The first-order valence-corrected chi connectivity index (χ1v) is 9.04. The quantitative estimate of drug-likeness (QED) is 0.389.